The molecule has 1 atom stereocenters. The lowest BCUT2D eigenvalue weighted by Gasteiger charge is -2.19. The Labute approximate surface area is 177 Å². The summed E-state index contributed by atoms with van der Waals surface area (Å²) in [6, 6.07) is 8.50. The van der Waals surface area contributed by atoms with Crippen LogP contribution >= 0.6 is 11.8 Å². The number of aromatic nitrogens is 2. The molecule has 0 radical (unpaired) electrons. The van der Waals surface area contributed by atoms with Crippen LogP contribution < -0.4 is 5.32 Å². The van der Waals surface area contributed by atoms with E-state index in [9.17, 15) is 18.4 Å². The van der Waals surface area contributed by atoms with Gasteiger partial charge in [-0.05, 0) is 30.9 Å². The molecule has 2 amide bonds. The Bertz CT molecular complexity index is 984. The number of nitrogens with zero attached hydrogens (tertiary/aromatic N) is 4. The summed E-state index contributed by atoms with van der Waals surface area (Å²) >= 11 is 1.65. The molecule has 0 spiro atoms. The molecule has 1 aliphatic rings. The molecule has 1 aromatic carbocycles. The van der Waals surface area contributed by atoms with Gasteiger partial charge in [0.15, 0.2) is 0 Å². The fourth-order valence-electron chi connectivity index (χ4n) is 3.29. The number of aryl methyl sites for hydroxylation is 1. The third kappa shape index (κ3) is 4.97. The quantitative estimate of drug-likeness (QED) is 0.707. The Morgan fingerprint density at radius 2 is 2.07 bits per heavy atom. The molecular formula is C20H21F2N5O2S. The Balaban J connectivity index is 1.60. The van der Waals surface area contributed by atoms with Crippen LogP contribution in [0.4, 0.5) is 8.78 Å². The molecule has 158 valence electrons. The standard InChI is InChI=1S/C20H21F2N5O2S/c1-13-17(11-26(25-13)10-14-3-5-16(30-2)6-4-14)19(29)24-9-18(28)27-12-20(21,22)7-15(27)8-23/h3-6,11,15H,7,9-10,12H2,1-2H3,(H,24,29)/t15-/m0/s1. The zero-order valence-electron chi connectivity index (χ0n) is 16.6. The summed E-state index contributed by atoms with van der Waals surface area (Å²) in [4.78, 5) is 26.6. The van der Waals surface area contributed by atoms with E-state index in [1.807, 2.05) is 30.5 Å². The minimum absolute atomic E-state index is 0.298. The Morgan fingerprint density at radius 3 is 2.70 bits per heavy atom. The lowest BCUT2D eigenvalue weighted by Crippen LogP contribution is -2.43. The van der Waals surface area contributed by atoms with Gasteiger partial charge in [0.2, 0.25) is 5.91 Å². The number of thioether (sulfide) groups is 1. The summed E-state index contributed by atoms with van der Waals surface area (Å²) in [5.74, 6) is -4.33. The van der Waals surface area contributed by atoms with Gasteiger partial charge in [-0.15, -0.1) is 11.8 Å². The summed E-state index contributed by atoms with van der Waals surface area (Å²) < 4.78 is 28.6. The van der Waals surface area contributed by atoms with E-state index in [0.29, 0.717) is 17.8 Å². The molecule has 10 heteroatoms. The number of nitriles is 1. The number of nitrogens with one attached hydrogen (secondary N) is 1. The van der Waals surface area contributed by atoms with E-state index in [4.69, 9.17) is 5.26 Å². The predicted octanol–water partition coefficient (Wildman–Crippen LogP) is 2.45. The minimum Gasteiger partial charge on any atom is -0.343 e. The maximum atomic E-state index is 13.5. The first-order chi connectivity index (χ1) is 14.2. The largest absolute Gasteiger partial charge is 0.343 e. The molecule has 2 aromatic rings. The molecule has 3 rings (SSSR count). The molecule has 0 saturated carbocycles. The molecule has 0 unspecified atom stereocenters. The lowest BCUT2D eigenvalue weighted by molar-refractivity contribution is -0.131. The van der Waals surface area contributed by atoms with Crippen molar-refractivity contribution in [3.05, 3.63) is 47.3 Å². The molecular weight excluding hydrogens is 412 g/mol. The van der Waals surface area contributed by atoms with Gasteiger partial charge in [-0.25, -0.2) is 8.78 Å². The Morgan fingerprint density at radius 1 is 1.37 bits per heavy atom. The summed E-state index contributed by atoms with van der Waals surface area (Å²) in [7, 11) is 0. The van der Waals surface area contributed by atoms with Crippen molar-refractivity contribution < 1.29 is 18.4 Å². The summed E-state index contributed by atoms with van der Waals surface area (Å²) in [6.45, 7) is 0.880. The monoisotopic (exact) mass is 433 g/mol. The predicted molar refractivity (Wildman–Crippen MR) is 107 cm³/mol. The average molecular weight is 433 g/mol. The van der Waals surface area contributed by atoms with Crippen LogP contribution in [0.15, 0.2) is 35.4 Å². The summed E-state index contributed by atoms with van der Waals surface area (Å²) in [5, 5.41) is 15.8. The minimum atomic E-state index is -3.09. The Kier molecular flexibility index (Phi) is 6.41. The zero-order chi connectivity index (χ0) is 21.9. The van der Waals surface area contributed by atoms with E-state index in [-0.39, 0.29) is 0 Å². The van der Waals surface area contributed by atoms with Crippen molar-refractivity contribution in [3.8, 4) is 6.07 Å². The lowest BCUT2D eigenvalue weighted by atomic mass is 10.2. The van der Waals surface area contributed by atoms with Gasteiger partial charge < -0.3 is 10.2 Å². The van der Waals surface area contributed by atoms with Crippen LogP contribution in [-0.2, 0) is 11.3 Å². The van der Waals surface area contributed by atoms with Crippen LogP contribution in [0.1, 0.15) is 28.0 Å². The number of amides is 2. The topological polar surface area (TPSA) is 91.0 Å². The molecule has 2 heterocycles. The van der Waals surface area contributed by atoms with Crippen molar-refractivity contribution in [2.75, 3.05) is 19.3 Å². The number of carbonyl (C=O) groups excluding carboxylic acids is 2. The van der Waals surface area contributed by atoms with Crippen molar-refractivity contribution in [1.82, 2.24) is 20.0 Å². The SMILES string of the molecule is CSc1ccc(Cn2cc(C(=O)NCC(=O)N3CC(F)(F)C[C@H]3C#N)c(C)n2)cc1. The first kappa shape index (κ1) is 21.8. The third-order valence-corrected chi connectivity index (χ3v) is 5.58. The zero-order valence-corrected chi connectivity index (χ0v) is 17.4. The van der Waals surface area contributed by atoms with E-state index in [2.05, 4.69) is 10.4 Å². The highest BCUT2D eigenvalue weighted by Crippen LogP contribution is 2.31. The molecule has 7 nitrogen and oxygen atoms in total. The maximum absolute atomic E-state index is 13.5. The van der Waals surface area contributed by atoms with Crippen LogP contribution in [0.25, 0.3) is 0 Å². The number of likely N-dealkylation sites (tertiary alicyclic amines) is 1. The summed E-state index contributed by atoms with van der Waals surface area (Å²) in [6.07, 6.45) is 2.89. The average Bonchev–Trinajstić information content (AvgIpc) is 3.24. The van der Waals surface area contributed by atoms with Crippen molar-refractivity contribution in [1.29, 1.82) is 5.26 Å². The van der Waals surface area contributed by atoms with Gasteiger partial charge in [0.1, 0.15) is 6.04 Å². The smallest absolute Gasteiger partial charge is 0.268 e. The number of hydrogen-bond acceptors (Lipinski definition) is 5. The molecule has 0 bridgehead atoms. The second-order valence-corrected chi connectivity index (χ2v) is 7.96. The first-order valence-electron chi connectivity index (χ1n) is 9.24. The Hall–Kier alpha value is -2.93. The van der Waals surface area contributed by atoms with Crippen molar-refractivity contribution >= 4 is 23.6 Å². The van der Waals surface area contributed by atoms with Gasteiger partial charge in [0, 0.05) is 17.5 Å². The number of hydrogen-bond donors (Lipinski definition) is 1. The van der Waals surface area contributed by atoms with Crippen LogP contribution in [0.3, 0.4) is 0 Å². The van der Waals surface area contributed by atoms with E-state index in [1.165, 1.54) is 0 Å². The van der Waals surface area contributed by atoms with Crippen molar-refractivity contribution in [3.63, 3.8) is 0 Å². The molecule has 1 aromatic heterocycles. The maximum Gasteiger partial charge on any atom is 0.268 e. The van der Waals surface area contributed by atoms with Crippen molar-refractivity contribution in [2.45, 2.75) is 36.7 Å². The first-order valence-corrected chi connectivity index (χ1v) is 10.5. The third-order valence-electron chi connectivity index (χ3n) is 4.83. The molecule has 1 aliphatic heterocycles. The van der Waals surface area contributed by atoms with Gasteiger partial charge in [-0.2, -0.15) is 10.4 Å². The van der Waals surface area contributed by atoms with Gasteiger partial charge in [-0.1, -0.05) is 12.1 Å². The normalized spacial score (nSPS) is 17.6. The van der Waals surface area contributed by atoms with Gasteiger partial charge in [0.25, 0.3) is 11.8 Å². The molecule has 1 N–H and O–H groups in total. The van der Waals surface area contributed by atoms with Crippen LogP contribution in [0.2, 0.25) is 0 Å². The highest BCUT2D eigenvalue weighted by molar-refractivity contribution is 7.98. The number of halogens is 2. The van der Waals surface area contributed by atoms with Crippen LogP contribution in [-0.4, -0.2) is 57.8 Å². The molecule has 1 saturated heterocycles. The number of rotatable bonds is 6. The van der Waals surface area contributed by atoms with Gasteiger partial charge in [0.05, 0.1) is 37.0 Å². The van der Waals surface area contributed by atoms with Crippen molar-refractivity contribution in [2.24, 2.45) is 0 Å². The molecule has 0 aliphatic carbocycles. The highest BCUT2D eigenvalue weighted by atomic mass is 32.2. The van der Waals surface area contributed by atoms with E-state index < -0.39 is 43.3 Å². The number of benzene rings is 1. The van der Waals surface area contributed by atoms with Gasteiger partial charge >= 0.3 is 0 Å². The second kappa shape index (κ2) is 8.83. The molecule has 1 fully saturated rings. The van der Waals surface area contributed by atoms with Crippen LogP contribution in [0.5, 0.6) is 0 Å². The highest BCUT2D eigenvalue weighted by Gasteiger charge is 2.47. The fraction of sp³-hybridized carbons (Fsp3) is 0.400. The second-order valence-electron chi connectivity index (χ2n) is 7.08. The van der Waals surface area contributed by atoms with E-state index in [1.54, 1.807) is 35.6 Å². The van der Waals surface area contributed by atoms with Gasteiger partial charge in [-0.3, -0.25) is 14.3 Å². The van der Waals surface area contributed by atoms with Crippen LogP contribution in [0, 0.1) is 18.3 Å². The fourth-order valence-corrected chi connectivity index (χ4v) is 3.70. The summed E-state index contributed by atoms with van der Waals surface area (Å²) in [5.41, 5.74) is 1.81. The van der Waals surface area contributed by atoms with E-state index >= 15 is 0 Å². The molecule has 30 heavy (non-hydrogen) atoms. The number of alkyl halides is 2. The number of carbonyl (C=O) groups is 2. The van der Waals surface area contributed by atoms with E-state index in [0.717, 1.165) is 15.4 Å².